The summed E-state index contributed by atoms with van der Waals surface area (Å²) in [6.45, 7) is 0. The van der Waals surface area contributed by atoms with Crippen molar-refractivity contribution >= 4 is 11.6 Å². The number of aliphatic hydroxyl groups is 1. The molecule has 0 aliphatic carbocycles. The Labute approximate surface area is 121 Å². The summed E-state index contributed by atoms with van der Waals surface area (Å²) in [5, 5.41) is 10.4. The van der Waals surface area contributed by atoms with Crippen molar-refractivity contribution < 1.29 is 14.2 Å². The highest BCUT2D eigenvalue weighted by Gasteiger charge is 2.29. The van der Waals surface area contributed by atoms with Crippen LogP contribution in [0.3, 0.4) is 0 Å². The van der Waals surface area contributed by atoms with Crippen LogP contribution in [0.2, 0.25) is 5.02 Å². The molecule has 0 bridgehead atoms. The number of hydrogen-bond donors (Lipinski definition) is 1. The first-order valence-corrected chi connectivity index (χ1v) is 6.88. The van der Waals surface area contributed by atoms with Crippen LogP contribution in [0.5, 0.6) is 5.75 Å². The number of para-hydroxylation sites is 1. The highest BCUT2D eigenvalue weighted by Crippen LogP contribution is 2.31. The quantitative estimate of drug-likeness (QED) is 0.940. The van der Waals surface area contributed by atoms with E-state index < -0.39 is 11.9 Å². The summed E-state index contributed by atoms with van der Waals surface area (Å²) in [6.07, 6.45) is -0.104. The molecule has 2 aromatic carbocycles. The predicted molar refractivity (Wildman–Crippen MR) is 75.7 cm³/mol. The van der Waals surface area contributed by atoms with E-state index >= 15 is 0 Å². The molecule has 1 N–H and O–H groups in total. The summed E-state index contributed by atoms with van der Waals surface area (Å²) in [5.74, 6) is 0.342. The van der Waals surface area contributed by atoms with E-state index in [4.69, 9.17) is 16.3 Å². The molecule has 3 rings (SSSR count). The van der Waals surface area contributed by atoms with E-state index in [1.54, 1.807) is 12.1 Å². The minimum atomic E-state index is -0.721. The first-order chi connectivity index (χ1) is 9.65. The third-order valence-electron chi connectivity index (χ3n) is 3.56. The van der Waals surface area contributed by atoms with Crippen molar-refractivity contribution in [1.82, 2.24) is 0 Å². The molecule has 2 aromatic rings. The number of rotatable bonds is 3. The molecule has 0 amide bonds. The standard InChI is InChI=1S/C16H14ClFO2/c17-16-11(5-3-6-12(16)18)8-13(19)15-9-10-4-1-2-7-14(10)20-15/h1-7,13,15,19H,8-9H2. The molecule has 2 nitrogen and oxygen atoms in total. The van der Waals surface area contributed by atoms with Gasteiger partial charge in [0.15, 0.2) is 0 Å². The van der Waals surface area contributed by atoms with E-state index in [9.17, 15) is 9.50 Å². The van der Waals surface area contributed by atoms with Gasteiger partial charge in [-0.15, -0.1) is 0 Å². The molecule has 0 fully saturated rings. The van der Waals surface area contributed by atoms with E-state index in [0.717, 1.165) is 11.3 Å². The molecule has 1 heterocycles. The molecule has 2 atom stereocenters. The van der Waals surface area contributed by atoms with Crippen molar-refractivity contribution in [2.24, 2.45) is 0 Å². The van der Waals surface area contributed by atoms with Gasteiger partial charge in [0.2, 0.25) is 0 Å². The van der Waals surface area contributed by atoms with Crippen LogP contribution in [-0.2, 0) is 12.8 Å². The Kier molecular flexibility index (Phi) is 3.64. The highest BCUT2D eigenvalue weighted by molar-refractivity contribution is 6.31. The second-order valence-corrected chi connectivity index (χ2v) is 5.33. The second-order valence-electron chi connectivity index (χ2n) is 4.95. The molecule has 0 radical (unpaired) electrons. The maximum Gasteiger partial charge on any atom is 0.142 e. The zero-order valence-electron chi connectivity index (χ0n) is 10.7. The molecule has 0 spiro atoms. The Balaban J connectivity index is 1.72. The van der Waals surface area contributed by atoms with Gasteiger partial charge in [0, 0.05) is 12.8 Å². The van der Waals surface area contributed by atoms with Gasteiger partial charge in [-0.2, -0.15) is 0 Å². The molecule has 0 aromatic heterocycles. The van der Waals surface area contributed by atoms with Gasteiger partial charge in [0.05, 0.1) is 11.1 Å². The maximum atomic E-state index is 13.4. The van der Waals surface area contributed by atoms with Gasteiger partial charge in [-0.05, 0) is 23.3 Å². The number of hydrogen-bond acceptors (Lipinski definition) is 2. The third kappa shape index (κ3) is 2.51. The summed E-state index contributed by atoms with van der Waals surface area (Å²) in [5.41, 5.74) is 1.68. The summed E-state index contributed by atoms with van der Waals surface area (Å²) in [6, 6.07) is 12.3. The minimum absolute atomic E-state index is 0.0714. The highest BCUT2D eigenvalue weighted by atomic mass is 35.5. The van der Waals surface area contributed by atoms with Crippen molar-refractivity contribution in [2.75, 3.05) is 0 Å². The fourth-order valence-electron chi connectivity index (χ4n) is 2.49. The van der Waals surface area contributed by atoms with Gasteiger partial charge in [-0.3, -0.25) is 0 Å². The molecular formula is C16H14ClFO2. The van der Waals surface area contributed by atoms with Crippen LogP contribution in [0.25, 0.3) is 0 Å². The minimum Gasteiger partial charge on any atom is -0.487 e. The van der Waals surface area contributed by atoms with Gasteiger partial charge in [-0.1, -0.05) is 41.9 Å². The Bertz CT molecular complexity index is 605. The summed E-state index contributed by atoms with van der Waals surface area (Å²) < 4.78 is 19.1. The van der Waals surface area contributed by atoms with Gasteiger partial charge in [-0.25, -0.2) is 4.39 Å². The lowest BCUT2D eigenvalue weighted by molar-refractivity contribution is 0.0502. The van der Waals surface area contributed by atoms with Crippen molar-refractivity contribution in [3.05, 3.63) is 64.4 Å². The maximum absolute atomic E-state index is 13.4. The molecule has 2 unspecified atom stereocenters. The average molecular weight is 293 g/mol. The number of fused-ring (bicyclic) bond motifs is 1. The van der Waals surface area contributed by atoms with Crippen LogP contribution in [-0.4, -0.2) is 17.3 Å². The van der Waals surface area contributed by atoms with Crippen molar-refractivity contribution in [1.29, 1.82) is 0 Å². The summed E-state index contributed by atoms with van der Waals surface area (Å²) in [4.78, 5) is 0. The molecule has 4 heteroatoms. The monoisotopic (exact) mass is 292 g/mol. The van der Waals surface area contributed by atoms with E-state index in [1.807, 2.05) is 24.3 Å². The summed E-state index contributed by atoms with van der Waals surface area (Å²) >= 11 is 5.91. The molecule has 1 aliphatic heterocycles. The van der Waals surface area contributed by atoms with Crippen LogP contribution < -0.4 is 4.74 Å². The van der Waals surface area contributed by atoms with Gasteiger partial charge >= 0.3 is 0 Å². The Morgan fingerprint density at radius 3 is 2.85 bits per heavy atom. The van der Waals surface area contributed by atoms with Gasteiger partial charge in [0.1, 0.15) is 17.7 Å². The van der Waals surface area contributed by atoms with E-state index in [-0.39, 0.29) is 17.5 Å². The zero-order valence-corrected chi connectivity index (χ0v) is 11.5. The molecular weight excluding hydrogens is 279 g/mol. The van der Waals surface area contributed by atoms with Gasteiger partial charge in [0.25, 0.3) is 0 Å². The van der Waals surface area contributed by atoms with Crippen molar-refractivity contribution in [2.45, 2.75) is 25.0 Å². The van der Waals surface area contributed by atoms with E-state index in [1.165, 1.54) is 6.07 Å². The second kappa shape index (κ2) is 5.43. The SMILES string of the molecule is OC(Cc1cccc(F)c1Cl)C1Cc2ccccc2O1. The van der Waals surface area contributed by atoms with Crippen LogP contribution in [0.4, 0.5) is 4.39 Å². The lowest BCUT2D eigenvalue weighted by atomic mass is 10.0. The van der Waals surface area contributed by atoms with Crippen LogP contribution in [0, 0.1) is 5.82 Å². The molecule has 104 valence electrons. The first-order valence-electron chi connectivity index (χ1n) is 6.50. The Morgan fingerprint density at radius 2 is 2.05 bits per heavy atom. The molecule has 0 saturated heterocycles. The average Bonchev–Trinajstić information content (AvgIpc) is 2.88. The fraction of sp³-hybridized carbons (Fsp3) is 0.250. The zero-order chi connectivity index (χ0) is 14.1. The third-order valence-corrected chi connectivity index (χ3v) is 3.99. The molecule has 20 heavy (non-hydrogen) atoms. The van der Waals surface area contributed by atoms with E-state index in [0.29, 0.717) is 12.0 Å². The van der Waals surface area contributed by atoms with Gasteiger partial charge < -0.3 is 9.84 Å². The topological polar surface area (TPSA) is 29.5 Å². The lowest BCUT2D eigenvalue weighted by Gasteiger charge is -2.18. The number of halogens is 2. The predicted octanol–water partition coefficient (Wildman–Crippen LogP) is 3.39. The Hall–Kier alpha value is -1.58. The number of aliphatic hydroxyl groups excluding tert-OH is 1. The summed E-state index contributed by atoms with van der Waals surface area (Å²) in [7, 11) is 0. The number of benzene rings is 2. The number of ether oxygens (including phenoxy) is 1. The normalized spacial score (nSPS) is 18.4. The Morgan fingerprint density at radius 1 is 1.25 bits per heavy atom. The largest absolute Gasteiger partial charge is 0.487 e. The molecule has 1 aliphatic rings. The lowest BCUT2D eigenvalue weighted by Crippen LogP contribution is -2.32. The van der Waals surface area contributed by atoms with Crippen molar-refractivity contribution in [3.63, 3.8) is 0 Å². The first kappa shape index (κ1) is 13.4. The van der Waals surface area contributed by atoms with Crippen molar-refractivity contribution in [3.8, 4) is 5.75 Å². The smallest absolute Gasteiger partial charge is 0.142 e. The van der Waals surface area contributed by atoms with Crippen LogP contribution in [0.1, 0.15) is 11.1 Å². The van der Waals surface area contributed by atoms with E-state index in [2.05, 4.69) is 0 Å². The molecule has 0 saturated carbocycles. The fourth-order valence-corrected chi connectivity index (χ4v) is 2.69. The van der Waals surface area contributed by atoms with Crippen LogP contribution in [0.15, 0.2) is 42.5 Å². The van der Waals surface area contributed by atoms with Crippen LogP contribution >= 0.6 is 11.6 Å².